The van der Waals surface area contributed by atoms with E-state index in [0.717, 1.165) is 47.9 Å². The van der Waals surface area contributed by atoms with Crippen LogP contribution in [0.4, 0.5) is 0 Å². The molecule has 2 aromatic carbocycles. The van der Waals surface area contributed by atoms with Crippen LogP contribution in [0, 0.1) is 0 Å². The Morgan fingerprint density at radius 2 is 1.77 bits per heavy atom. The van der Waals surface area contributed by atoms with Crippen molar-refractivity contribution in [3.05, 3.63) is 54.1 Å². The highest BCUT2D eigenvalue weighted by Crippen LogP contribution is 2.42. The van der Waals surface area contributed by atoms with E-state index in [1.807, 2.05) is 37.3 Å². The lowest BCUT2D eigenvalue weighted by atomic mass is 9.92. The van der Waals surface area contributed by atoms with Gasteiger partial charge >= 0.3 is 0 Å². The molecule has 0 bridgehead atoms. The Balaban J connectivity index is 2.51. The lowest BCUT2D eigenvalue weighted by Gasteiger charge is -2.15. The molecular weight excluding hydrogens is 272 g/mol. The molecule has 2 aromatic rings. The van der Waals surface area contributed by atoms with Crippen LogP contribution in [0.2, 0.25) is 0 Å². The SMILES string of the molecule is C=C(C)c1ccccc1-c1c(O)ccc(CCCCC)c1O. The van der Waals surface area contributed by atoms with Crippen LogP contribution < -0.4 is 0 Å². The third-order valence-electron chi connectivity index (χ3n) is 3.95. The second-order valence-electron chi connectivity index (χ2n) is 5.75. The third-order valence-corrected chi connectivity index (χ3v) is 3.95. The van der Waals surface area contributed by atoms with Crippen molar-refractivity contribution in [3.8, 4) is 22.6 Å². The van der Waals surface area contributed by atoms with Gasteiger partial charge in [0, 0.05) is 0 Å². The molecule has 2 N–H and O–H groups in total. The molecule has 2 heteroatoms. The van der Waals surface area contributed by atoms with Crippen LogP contribution in [-0.2, 0) is 6.42 Å². The normalized spacial score (nSPS) is 10.6. The largest absolute Gasteiger partial charge is 0.507 e. The highest BCUT2D eigenvalue weighted by Gasteiger charge is 2.17. The molecule has 0 fully saturated rings. The second-order valence-corrected chi connectivity index (χ2v) is 5.75. The molecule has 0 unspecified atom stereocenters. The molecule has 0 saturated carbocycles. The van der Waals surface area contributed by atoms with Crippen LogP contribution in [0.25, 0.3) is 16.7 Å². The number of unbranched alkanes of at least 4 members (excludes halogenated alkanes) is 2. The first-order valence-corrected chi connectivity index (χ1v) is 7.85. The van der Waals surface area contributed by atoms with Crippen molar-refractivity contribution in [2.24, 2.45) is 0 Å². The highest BCUT2D eigenvalue weighted by molar-refractivity contribution is 5.86. The molecule has 0 amide bonds. The Kier molecular flexibility index (Phi) is 5.26. The van der Waals surface area contributed by atoms with Crippen LogP contribution in [0.3, 0.4) is 0 Å². The molecule has 0 aliphatic rings. The van der Waals surface area contributed by atoms with E-state index in [4.69, 9.17) is 0 Å². The summed E-state index contributed by atoms with van der Waals surface area (Å²) in [4.78, 5) is 0. The van der Waals surface area contributed by atoms with E-state index in [0.29, 0.717) is 5.56 Å². The van der Waals surface area contributed by atoms with Gasteiger partial charge in [0.05, 0.1) is 5.56 Å². The van der Waals surface area contributed by atoms with E-state index in [-0.39, 0.29) is 11.5 Å². The van der Waals surface area contributed by atoms with Crippen LogP contribution in [0.5, 0.6) is 11.5 Å². The Morgan fingerprint density at radius 1 is 1.05 bits per heavy atom. The van der Waals surface area contributed by atoms with Crippen LogP contribution >= 0.6 is 0 Å². The quantitative estimate of drug-likeness (QED) is 0.688. The number of hydrogen-bond donors (Lipinski definition) is 2. The van der Waals surface area contributed by atoms with E-state index in [1.54, 1.807) is 6.07 Å². The van der Waals surface area contributed by atoms with Crippen molar-refractivity contribution in [2.45, 2.75) is 39.5 Å². The first-order valence-electron chi connectivity index (χ1n) is 7.85. The predicted molar refractivity (Wildman–Crippen MR) is 93.1 cm³/mol. The number of phenols is 2. The minimum absolute atomic E-state index is 0.102. The monoisotopic (exact) mass is 296 g/mol. The molecule has 0 heterocycles. The van der Waals surface area contributed by atoms with Crippen molar-refractivity contribution in [3.63, 3.8) is 0 Å². The maximum Gasteiger partial charge on any atom is 0.130 e. The van der Waals surface area contributed by atoms with E-state index in [9.17, 15) is 10.2 Å². The summed E-state index contributed by atoms with van der Waals surface area (Å²) in [6, 6.07) is 11.2. The molecule has 0 aliphatic carbocycles. The zero-order valence-electron chi connectivity index (χ0n) is 13.4. The van der Waals surface area contributed by atoms with E-state index in [2.05, 4.69) is 13.5 Å². The van der Waals surface area contributed by atoms with Gasteiger partial charge in [-0.3, -0.25) is 0 Å². The summed E-state index contributed by atoms with van der Waals surface area (Å²) in [5, 5.41) is 20.9. The van der Waals surface area contributed by atoms with Gasteiger partial charge in [-0.1, -0.05) is 62.2 Å². The average Bonchev–Trinajstić information content (AvgIpc) is 2.50. The van der Waals surface area contributed by atoms with Gasteiger partial charge in [-0.25, -0.2) is 0 Å². The Labute approximate surface area is 132 Å². The molecule has 0 saturated heterocycles. The van der Waals surface area contributed by atoms with Crippen LogP contribution in [-0.4, -0.2) is 10.2 Å². The fourth-order valence-electron chi connectivity index (χ4n) is 2.73. The number of benzene rings is 2. The van der Waals surface area contributed by atoms with Crippen molar-refractivity contribution in [1.29, 1.82) is 0 Å². The summed E-state index contributed by atoms with van der Waals surface area (Å²) in [6.45, 7) is 8.08. The zero-order chi connectivity index (χ0) is 16.1. The van der Waals surface area contributed by atoms with E-state index in [1.165, 1.54) is 0 Å². The third kappa shape index (κ3) is 3.33. The maximum absolute atomic E-state index is 10.6. The zero-order valence-corrected chi connectivity index (χ0v) is 13.4. The molecule has 2 nitrogen and oxygen atoms in total. The Morgan fingerprint density at radius 3 is 2.45 bits per heavy atom. The summed E-state index contributed by atoms with van der Waals surface area (Å²) >= 11 is 0. The number of aryl methyl sites for hydroxylation is 1. The van der Waals surface area contributed by atoms with Crippen molar-refractivity contribution >= 4 is 5.57 Å². The molecule has 0 radical (unpaired) electrons. The average molecular weight is 296 g/mol. The van der Waals surface area contributed by atoms with Gasteiger partial charge in [0.25, 0.3) is 0 Å². The highest BCUT2D eigenvalue weighted by atomic mass is 16.3. The maximum atomic E-state index is 10.6. The minimum Gasteiger partial charge on any atom is -0.507 e. The van der Waals surface area contributed by atoms with Gasteiger partial charge in [-0.15, -0.1) is 0 Å². The molecule has 0 aromatic heterocycles. The summed E-state index contributed by atoms with van der Waals surface area (Å²) in [7, 11) is 0. The molecule has 0 atom stereocenters. The summed E-state index contributed by atoms with van der Waals surface area (Å²) in [5.41, 5.74) is 4.07. The summed E-state index contributed by atoms with van der Waals surface area (Å²) in [5.74, 6) is 0.287. The topological polar surface area (TPSA) is 40.5 Å². The second kappa shape index (κ2) is 7.17. The first-order chi connectivity index (χ1) is 10.6. The van der Waals surface area contributed by atoms with Gasteiger partial charge in [0.2, 0.25) is 0 Å². The summed E-state index contributed by atoms with van der Waals surface area (Å²) in [6.07, 6.45) is 4.14. The fraction of sp³-hybridized carbons (Fsp3) is 0.300. The molecule has 116 valence electrons. The number of rotatable bonds is 6. The lowest BCUT2D eigenvalue weighted by Crippen LogP contribution is -1.92. The van der Waals surface area contributed by atoms with Crippen molar-refractivity contribution in [1.82, 2.24) is 0 Å². The van der Waals surface area contributed by atoms with E-state index < -0.39 is 0 Å². The number of phenolic OH excluding ortho intramolecular Hbond substituents is 2. The number of allylic oxidation sites excluding steroid dienone is 1. The predicted octanol–water partition coefficient (Wildman–Crippen LogP) is 5.53. The van der Waals surface area contributed by atoms with Gasteiger partial charge in [-0.2, -0.15) is 0 Å². The standard InChI is InChI=1S/C20H24O2/c1-4-5-6-9-15-12-13-18(21)19(20(15)22)17-11-8-7-10-16(17)14(2)3/h7-8,10-13,21-22H,2,4-6,9H2,1,3H3. The molecule has 0 aliphatic heterocycles. The van der Waals surface area contributed by atoms with E-state index >= 15 is 0 Å². The molecular formula is C20H24O2. The van der Waals surface area contributed by atoms with Crippen LogP contribution in [0.15, 0.2) is 43.0 Å². The molecule has 0 spiro atoms. The summed E-state index contributed by atoms with van der Waals surface area (Å²) < 4.78 is 0. The lowest BCUT2D eigenvalue weighted by molar-refractivity contribution is 0.448. The van der Waals surface area contributed by atoms with Gasteiger partial charge in [0.15, 0.2) is 0 Å². The first kappa shape index (κ1) is 16.2. The Hall–Kier alpha value is -2.22. The van der Waals surface area contributed by atoms with Gasteiger partial charge in [-0.05, 0) is 42.5 Å². The fourth-order valence-corrected chi connectivity index (χ4v) is 2.73. The smallest absolute Gasteiger partial charge is 0.130 e. The van der Waals surface area contributed by atoms with Gasteiger partial charge < -0.3 is 10.2 Å². The Bertz CT molecular complexity index is 671. The molecule has 22 heavy (non-hydrogen) atoms. The molecule has 2 rings (SSSR count). The van der Waals surface area contributed by atoms with Gasteiger partial charge in [0.1, 0.15) is 11.5 Å². The van der Waals surface area contributed by atoms with Crippen molar-refractivity contribution in [2.75, 3.05) is 0 Å². The van der Waals surface area contributed by atoms with Crippen LogP contribution in [0.1, 0.15) is 44.2 Å². The minimum atomic E-state index is 0.102. The van der Waals surface area contributed by atoms with Crippen molar-refractivity contribution < 1.29 is 10.2 Å². The number of hydrogen-bond acceptors (Lipinski definition) is 2. The number of aromatic hydroxyl groups is 2.